The summed E-state index contributed by atoms with van der Waals surface area (Å²) in [5, 5.41) is 0. The van der Waals surface area contributed by atoms with Gasteiger partial charge in [-0.2, -0.15) is 0 Å². The van der Waals surface area contributed by atoms with E-state index in [4.69, 9.17) is 0 Å². The van der Waals surface area contributed by atoms with Crippen LogP contribution in [-0.2, 0) is 44.9 Å². The molecule has 0 heterocycles. The zero-order valence-electron chi connectivity index (χ0n) is 15.3. The highest BCUT2D eigenvalue weighted by Crippen LogP contribution is 2.33. The van der Waals surface area contributed by atoms with Crippen molar-refractivity contribution in [1.82, 2.24) is 0 Å². The summed E-state index contributed by atoms with van der Waals surface area (Å²) in [7, 11) is 0. The molecule has 0 unspecified atom stereocenters. The van der Waals surface area contributed by atoms with Crippen LogP contribution >= 0.6 is 31.9 Å². The molecule has 0 nitrogen and oxygen atoms in total. The largest absolute Gasteiger partial charge is 0.0588 e. The second kappa shape index (κ2) is 7.22. The smallest absolute Gasteiger partial charge is 0.0210 e. The average molecular weight is 482 g/mol. The van der Waals surface area contributed by atoms with E-state index in [9.17, 15) is 0 Å². The third kappa shape index (κ3) is 3.54. The van der Waals surface area contributed by atoms with Gasteiger partial charge in [0.25, 0.3) is 0 Å². The summed E-state index contributed by atoms with van der Waals surface area (Å²) in [5.41, 5.74) is 11.8. The van der Waals surface area contributed by atoms with Crippen LogP contribution in [0.2, 0.25) is 0 Å². The Morgan fingerprint density at radius 3 is 1.30 bits per heavy atom. The van der Waals surface area contributed by atoms with Gasteiger partial charge in [0.1, 0.15) is 0 Å². The molecule has 136 valence electrons. The molecule has 0 radical (unpaired) electrons. The Hall–Kier alpha value is -1.38. The molecule has 0 saturated carbocycles. The van der Waals surface area contributed by atoms with E-state index >= 15 is 0 Å². The Bertz CT molecular complexity index is 933. The van der Waals surface area contributed by atoms with Gasteiger partial charge >= 0.3 is 0 Å². The first kappa shape index (κ1) is 17.7. The predicted octanol–water partition coefficient (Wildman–Crippen LogP) is 6.78. The summed E-state index contributed by atoms with van der Waals surface area (Å²) >= 11 is 7.69. The maximum absolute atomic E-state index is 3.85. The molecular weight excluding hydrogens is 460 g/mol. The monoisotopic (exact) mass is 480 g/mol. The third-order valence-corrected chi connectivity index (χ3v) is 7.65. The molecule has 0 atom stereocenters. The molecule has 2 heteroatoms. The van der Waals surface area contributed by atoms with Gasteiger partial charge in [-0.1, -0.05) is 68.3 Å². The molecule has 0 fully saturated rings. The van der Waals surface area contributed by atoms with Crippen LogP contribution in [0.25, 0.3) is 0 Å². The fraction of sp³-hybridized carbons (Fsp3) is 0.280. The Morgan fingerprint density at radius 1 is 0.444 bits per heavy atom. The van der Waals surface area contributed by atoms with E-state index < -0.39 is 0 Å². The molecular formula is C25H22Br2. The highest BCUT2D eigenvalue weighted by atomic mass is 79.9. The Morgan fingerprint density at radius 2 is 0.852 bits per heavy atom. The highest BCUT2D eigenvalue weighted by Gasteiger charge is 2.18. The van der Waals surface area contributed by atoms with E-state index in [1.54, 1.807) is 0 Å². The lowest BCUT2D eigenvalue weighted by Gasteiger charge is -2.13. The number of benzene rings is 3. The molecule has 6 rings (SSSR count). The summed E-state index contributed by atoms with van der Waals surface area (Å²) in [4.78, 5) is 0. The minimum absolute atomic E-state index is 1.06. The zero-order chi connectivity index (χ0) is 18.4. The van der Waals surface area contributed by atoms with Gasteiger partial charge < -0.3 is 0 Å². The topological polar surface area (TPSA) is 0 Å². The van der Waals surface area contributed by atoms with Crippen molar-refractivity contribution in [3.63, 3.8) is 0 Å². The molecule has 3 aliphatic carbocycles. The Labute approximate surface area is 178 Å². The Balaban J connectivity index is 1.66. The molecule has 0 aliphatic heterocycles. The summed E-state index contributed by atoms with van der Waals surface area (Å²) in [6.07, 6.45) is 7.71. The molecule has 0 aromatic heterocycles. The average Bonchev–Trinajstić information content (AvgIpc) is 2.84. The molecule has 0 N–H and O–H groups in total. The van der Waals surface area contributed by atoms with E-state index in [1.165, 1.54) is 53.5 Å². The standard InChI is InChI=1S/C25H22Br2/c26-24-14-18-9-10-19-15-25(27)21-8-6-17-2-1-16(3-4-17)5-7-20(24)11-22(18)13-23(19)12-21/h1-4,11-12,14-15H,5-10,13H2. The van der Waals surface area contributed by atoms with Crippen LogP contribution < -0.4 is 0 Å². The van der Waals surface area contributed by atoms with Crippen molar-refractivity contribution in [3.8, 4) is 0 Å². The molecule has 0 amide bonds. The van der Waals surface area contributed by atoms with E-state index in [2.05, 4.69) is 80.4 Å². The fourth-order valence-electron chi connectivity index (χ4n) is 4.50. The minimum atomic E-state index is 1.06. The number of fused-ring (bicyclic) bond motifs is 4. The van der Waals surface area contributed by atoms with E-state index in [0.29, 0.717) is 0 Å². The number of hydrogen-bond donors (Lipinski definition) is 0. The molecule has 27 heavy (non-hydrogen) atoms. The molecule has 3 aliphatic rings. The number of rotatable bonds is 0. The maximum atomic E-state index is 3.85. The van der Waals surface area contributed by atoms with Crippen molar-refractivity contribution < 1.29 is 0 Å². The highest BCUT2D eigenvalue weighted by molar-refractivity contribution is 9.10. The Kier molecular flexibility index (Phi) is 4.73. The summed E-state index contributed by atoms with van der Waals surface area (Å²) in [6.45, 7) is 0. The zero-order valence-corrected chi connectivity index (χ0v) is 18.5. The minimum Gasteiger partial charge on any atom is -0.0588 e. The first-order valence-electron chi connectivity index (χ1n) is 9.84. The molecule has 3 aromatic rings. The number of aryl methyl sites for hydroxylation is 6. The fourth-order valence-corrected chi connectivity index (χ4v) is 5.68. The second-order valence-electron chi connectivity index (χ2n) is 7.92. The molecule has 3 aromatic carbocycles. The number of halogens is 2. The molecule has 6 bridgehead atoms. The summed E-state index contributed by atoms with van der Waals surface area (Å²) in [5.74, 6) is 0. The quantitative estimate of drug-likeness (QED) is 0.331. The number of hydrogen-bond acceptors (Lipinski definition) is 0. The second-order valence-corrected chi connectivity index (χ2v) is 9.63. The normalized spacial score (nSPS) is 15.5. The van der Waals surface area contributed by atoms with Gasteiger partial charge in [-0.15, -0.1) is 0 Å². The van der Waals surface area contributed by atoms with Gasteiger partial charge in [0.05, 0.1) is 0 Å². The SMILES string of the molecule is Brc1cc2c3cc1CCc1ccc(cc1)CCc1cc(c(cc1Br)CC2)C3. The molecule has 0 spiro atoms. The van der Waals surface area contributed by atoms with Crippen LogP contribution in [0.1, 0.15) is 44.5 Å². The van der Waals surface area contributed by atoms with Gasteiger partial charge in [-0.3, -0.25) is 0 Å². The van der Waals surface area contributed by atoms with Gasteiger partial charge in [-0.05, 0) is 102 Å². The van der Waals surface area contributed by atoms with Crippen LogP contribution in [0, 0.1) is 0 Å². The van der Waals surface area contributed by atoms with Crippen LogP contribution in [0.4, 0.5) is 0 Å². The first-order chi connectivity index (χ1) is 13.2. The van der Waals surface area contributed by atoms with E-state index in [0.717, 1.165) is 44.9 Å². The lowest BCUT2D eigenvalue weighted by molar-refractivity contribution is 0.918. The maximum Gasteiger partial charge on any atom is 0.0210 e. The van der Waals surface area contributed by atoms with Crippen molar-refractivity contribution in [2.75, 3.05) is 0 Å². The van der Waals surface area contributed by atoms with Crippen LogP contribution in [0.15, 0.2) is 57.5 Å². The van der Waals surface area contributed by atoms with Gasteiger partial charge in [0, 0.05) is 8.95 Å². The van der Waals surface area contributed by atoms with Crippen molar-refractivity contribution >= 4 is 31.9 Å². The van der Waals surface area contributed by atoms with Crippen LogP contribution in [0.3, 0.4) is 0 Å². The third-order valence-electron chi connectivity index (χ3n) is 6.17. The molecule has 0 saturated heterocycles. The lowest BCUT2D eigenvalue weighted by Crippen LogP contribution is -1.99. The lowest BCUT2D eigenvalue weighted by atomic mass is 9.95. The van der Waals surface area contributed by atoms with Crippen molar-refractivity contribution in [2.45, 2.75) is 44.9 Å². The van der Waals surface area contributed by atoms with Gasteiger partial charge in [0.2, 0.25) is 0 Å². The van der Waals surface area contributed by atoms with Crippen LogP contribution in [0.5, 0.6) is 0 Å². The van der Waals surface area contributed by atoms with E-state index in [-0.39, 0.29) is 0 Å². The van der Waals surface area contributed by atoms with Crippen molar-refractivity contribution in [1.29, 1.82) is 0 Å². The van der Waals surface area contributed by atoms with Gasteiger partial charge in [-0.25, -0.2) is 0 Å². The summed E-state index contributed by atoms with van der Waals surface area (Å²) in [6, 6.07) is 18.9. The van der Waals surface area contributed by atoms with Gasteiger partial charge in [0.15, 0.2) is 0 Å². The summed E-state index contributed by atoms with van der Waals surface area (Å²) < 4.78 is 2.55. The van der Waals surface area contributed by atoms with E-state index in [1.807, 2.05) is 0 Å². The predicted molar refractivity (Wildman–Crippen MR) is 120 cm³/mol. The van der Waals surface area contributed by atoms with Crippen molar-refractivity contribution in [3.05, 3.63) is 102 Å². The van der Waals surface area contributed by atoms with Crippen LogP contribution in [-0.4, -0.2) is 0 Å². The van der Waals surface area contributed by atoms with Crippen molar-refractivity contribution in [2.24, 2.45) is 0 Å². The first-order valence-corrected chi connectivity index (χ1v) is 11.4.